The molecule has 0 aromatic heterocycles. The van der Waals surface area contributed by atoms with Crippen LogP contribution in [0.1, 0.15) is 13.3 Å². The van der Waals surface area contributed by atoms with Crippen molar-refractivity contribution in [2.75, 3.05) is 36.5 Å². The van der Waals surface area contributed by atoms with Crippen LogP contribution >= 0.6 is 24.0 Å². The summed E-state index contributed by atoms with van der Waals surface area (Å²) in [6, 6.07) is 9.48. The van der Waals surface area contributed by atoms with E-state index in [0.29, 0.717) is 25.5 Å². The van der Waals surface area contributed by atoms with E-state index in [1.807, 2.05) is 37.3 Å². The summed E-state index contributed by atoms with van der Waals surface area (Å²) in [7, 11) is -3.04. The number of halogens is 1. The topological polar surface area (TPSA) is 90.9 Å². The molecule has 1 unspecified atom stereocenters. The molecule has 1 amide bonds. The van der Waals surface area contributed by atoms with E-state index in [1.165, 1.54) is 6.26 Å². The monoisotopic (exact) mass is 480 g/mol. The van der Waals surface area contributed by atoms with Crippen LogP contribution in [0.15, 0.2) is 35.3 Å². The van der Waals surface area contributed by atoms with Gasteiger partial charge in [0.1, 0.15) is 9.84 Å². The molecule has 1 aliphatic rings. The first-order valence-electron chi connectivity index (χ1n) is 7.97. The number of nitrogens with one attached hydrogen (secondary N) is 2. The Balaban J connectivity index is 0.00000312. The number of sulfone groups is 1. The highest BCUT2D eigenvalue weighted by Crippen LogP contribution is 2.20. The summed E-state index contributed by atoms with van der Waals surface area (Å²) in [5.74, 6) is 0.600. The molecule has 140 valence electrons. The molecule has 2 rings (SSSR count). The number of anilines is 1. The van der Waals surface area contributed by atoms with Gasteiger partial charge in [0.25, 0.3) is 0 Å². The molecule has 0 spiro atoms. The molecule has 1 aromatic carbocycles. The van der Waals surface area contributed by atoms with Crippen LogP contribution in [-0.4, -0.2) is 58.0 Å². The summed E-state index contributed by atoms with van der Waals surface area (Å²) in [5, 5.41) is 6.29. The highest BCUT2D eigenvalue weighted by Gasteiger charge is 2.31. The minimum atomic E-state index is -3.04. The fourth-order valence-corrected chi connectivity index (χ4v) is 2.92. The van der Waals surface area contributed by atoms with E-state index in [0.717, 1.165) is 5.69 Å². The van der Waals surface area contributed by atoms with E-state index in [-0.39, 0.29) is 48.2 Å². The van der Waals surface area contributed by atoms with Crippen molar-refractivity contribution in [1.82, 2.24) is 10.6 Å². The van der Waals surface area contributed by atoms with Gasteiger partial charge in [-0.25, -0.2) is 8.42 Å². The van der Waals surface area contributed by atoms with Crippen molar-refractivity contribution in [1.29, 1.82) is 0 Å². The Kier molecular flexibility index (Phi) is 8.63. The lowest BCUT2D eigenvalue weighted by Gasteiger charge is -2.19. The lowest BCUT2D eigenvalue weighted by atomic mass is 10.2. The van der Waals surface area contributed by atoms with Crippen molar-refractivity contribution in [2.45, 2.75) is 19.4 Å². The van der Waals surface area contributed by atoms with Crippen LogP contribution in [0.2, 0.25) is 0 Å². The average Bonchev–Trinajstić information content (AvgIpc) is 2.87. The van der Waals surface area contributed by atoms with Crippen LogP contribution in [-0.2, 0) is 14.6 Å². The van der Waals surface area contributed by atoms with Crippen molar-refractivity contribution in [2.24, 2.45) is 4.99 Å². The fraction of sp³-hybridized carbons (Fsp3) is 0.500. The first-order valence-corrected chi connectivity index (χ1v) is 10.0. The number of nitrogens with zero attached hydrogens (tertiary/aromatic N) is 2. The minimum absolute atomic E-state index is 0. The first kappa shape index (κ1) is 21.7. The molecule has 1 atom stereocenters. The van der Waals surface area contributed by atoms with E-state index < -0.39 is 9.84 Å². The first-order chi connectivity index (χ1) is 11.4. The molecule has 0 aliphatic carbocycles. The Hall–Kier alpha value is -1.36. The summed E-state index contributed by atoms with van der Waals surface area (Å²) < 4.78 is 22.4. The van der Waals surface area contributed by atoms with Crippen LogP contribution in [0.3, 0.4) is 0 Å². The lowest BCUT2D eigenvalue weighted by Crippen LogP contribution is -2.44. The zero-order valence-corrected chi connectivity index (χ0v) is 17.6. The van der Waals surface area contributed by atoms with Crippen LogP contribution in [0.4, 0.5) is 5.69 Å². The van der Waals surface area contributed by atoms with Gasteiger partial charge in [0.05, 0.1) is 18.3 Å². The largest absolute Gasteiger partial charge is 0.357 e. The van der Waals surface area contributed by atoms with Gasteiger partial charge in [-0.05, 0) is 19.1 Å². The van der Waals surface area contributed by atoms with Crippen molar-refractivity contribution >= 4 is 51.4 Å². The Bertz CT molecular complexity index is 695. The van der Waals surface area contributed by atoms with Crippen molar-refractivity contribution < 1.29 is 13.2 Å². The SMILES string of the molecule is CCNC(=NCCS(C)(=O)=O)NC1CC(=O)N(c2ccccc2)C1.I. The molecule has 25 heavy (non-hydrogen) atoms. The third kappa shape index (κ3) is 7.18. The Morgan fingerprint density at radius 1 is 1.32 bits per heavy atom. The highest BCUT2D eigenvalue weighted by molar-refractivity contribution is 14.0. The zero-order chi connectivity index (χ0) is 17.6. The molecular formula is C16H25IN4O3S. The van der Waals surface area contributed by atoms with Gasteiger partial charge < -0.3 is 15.5 Å². The van der Waals surface area contributed by atoms with E-state index in [4.69, 9.17) is 0 Å². The molecule has 0 saturated carbocycles. The van der Waals surface area contributed by atoms with Crippen molar-refractivity contribution in [3.05, 3.63) is 30.3 Å². The van der Waals surface area contributed by atoms with E-state index in [2.05, 4.69) is 15.6 Å². The zero-order valence-electron chi connectivity index (χ0n) is 14.4. The van der Waals surface area contributed by atoms with Gasteiger partial charge in [0, 0.05) is 31.5 Å². The average molecular weight is 480 g/mol. The second kappa shape index (κ2) is 9.95. The van der Waals surface area contributed by atoms with Crippen LogP contribution in [0, 0.1) is 0 Å². The fourth-order valence-electron chi connectivity index (χ4n) is 2.50. The predicted molar refractivity (Wildman–Crippen MR) is 111 cm³/mol. The van der Waals surface area contributed by atoms with Gasteiger partial charge >= 0.3 is 0 Å². The lowest BCUT2D eigenvalue weighted by molar-refractivity contribution is -0.117. The number of benzene rings is 1. The second-order valence-corrected chi connectivity index (χ2v) is 8.04. The van der Waals surface area contributed by atoms with Gasteiger partial charge in [-0.15, -0.1) is 24.0 Å². The van der Waals surface area contributed by atoms with E-state index in [9.17, 15) is 13.2 Å². The Labute approximate surface area is 166 Å². The van der Waals surface area contributed by atoms with Gasteiger partial charge in [-0.3, -0.25) is 9.79 Å². The van der Waals surface area contributed by atoms with Gasteiger partial charge in [-0.2, -0.15) is 0 Å². The molecule has 9 heteroatoms. The number of hydrogen-bond acceptors (Lipinski definition) is 4. The molecule has 1 aliphatic heterocycles. The normalized spacial score (nSPS) is 18.0. The Morgan fingerprint density at radius 2 is 2.00 bits per heavy atom. The maximum Gasteiger partial charge on any atom is 0.229 e. The number of rotatable bonds is 6. The molecule has 1 heterocycles. The second-order valence-electron chi connectivity index (χ2n) is 5.78. The van der Waals surface area contributed by atoms with Gasteiger partial charge in [0.15, 0.2) is 5.96 Å². The number of amides is 1. The van der Waals surface area contributed by atoms with Crippen molar-refractivity contribution in [3.63, 3.8) is 0 Å². The summed E-state index contributed by atoms with van der Waals surface area (Å²) >= 11 is 0. The molecular weight excluding hydrogens is 455 g/mol. The third-order valence-electron chi connectivity index (χ3n) is 3.61. The molecule has 1 fully saturated rings. The van der Waals surface area contributed by atoms with Crippen LogP contribution < -0.4 is 15.5 Å². The number of carbonyl (C=O) groups is 1. The summed E-state index contributed by atoms with van der Waals surface area (Å²) in [4.78, 5) is 18.2. The molecule has 0 bridgehead atoms. The molecule has 1 saturated heterocycles. The third-order valence-corrected chi connectivity index (χ3v) is 4.53. The van der Waals surface area contributed by atoms with E-state index >= 15 is 0 Å². The predicted octanol–water partition coefficient (Wildman–Crippen LogP) is 1.01. The number of guanidine groups is 1. The summed E-state index contributed by atoms with van der Waals surface area (Å²) in [6.07, 6.45) is 1.57. The smallest absolute Gasteiger partial charge is 0.229 e. The number of aliphatic imine (C=N–C) groups is 1. The maximum absolute atomic E-state index is 12.2. The van der Waals surface area contributed by atoms with Gasteiger partial charge in [0.2, 0.25) is 5.91 Å². The molecule has 0 radical (unpaired) electrons. The highest BCUT2D eigenvalue weighted by atomic mass is 127. The quantitative estimate of drug-likeness (QED) is 0.361. The molecule has 7 nitrogen and oxygen atoms in total. The standard InChI is InChI=1S/C16H24N4O3S.HI/c1-3-17-16(18-9-10-24(2,22)23)19-13-11-15(21)20(12-13)14-7-5-4-6-8-14;/h4-8,13H,3,9-12H2,1-2H3,(H2,17,18,19);1H. The maximum atomic E-state index is 12.2. The molecule has 1 aromatic rings. The minimum Gasteiger partial charge on any atom is -0.357 e. The van der Waals surface area contributed by atoms with Crippen molar-refractivity contribution in [3.8, 4) is 0 Å². The van der Waals surface area contributed by atoms with Gasteiger partial charge in [-0.1, -0.05) is 18.2 Å². The number of carbonyl (C=O) groups excluding carboxylic acids is 1. The van der Waals surface area contributed by atoms with E-state index in [1.54, 1.807) is 4.90 Å². The Morgan fingerprint density at radius 3 is 2.60 bits per heavy atom. The number of hydrogen-bond donors (Lipinski definition) is 2. The molecule has 2 N–H and O–H groups in total. The summed E-state index contributed by atoms with van der Waals surface area (Å²) in [6.45, 7) is 3.34. The summed E-state index contributed by atoms with van der Waals surface area (Å²) in [5.41, 5.74) is 0.880. The number of para-hydroxylation sites is 1. The van der Waals surface area contributed by atoms with Crippen LogP contribution in [0.5, 0.6) is 0 Å². The van der Waals surface area contributed by atoms with Crippen LogP contribution in [0.25, 0.3) is 0 Å².